The number of carbonyl (C=O) groups excluding carboxylic acids is 2. The summed E-state index contributed by atoms with van der Waals surface area (Å²) < 4.78 is 26.0. The van der Waals surface area contributed by atoms with E-state index in [9.17, 15) is 24.9 Å². The molecule has 5 rings (SSSR count). The van der Waals surface area contributed by atoms with Gasteiger partial charge >= 0.3 is 6.09 Å². The van der Waals surface area contributed by atoms with Crippen LogP contribution in [0.1, 0.15) is 140 Å². The van der Waals surface area contributed by atoms with Gasteiger partial charge in [-0.3, -0.25) is 4.79 Å². The number of ether oxygens (including phenoxy) is 4. The Morgan fingerprint density at radius 1 is 0.935 bits per heavy atom. The molecule has 0 saturated heterocycles. The van der Waals surface area contributed by atoms with Crippen molar-refractivity contribution in [3.63, 3.8) is 0 Å². The number of rotatable bonds is 31. The summed E-state index contributed by atoms with van der Waals surface area (Å²) in [7, 11) is 1.53. The molecule has 0 aromatic heterocycles. The average Bonchev–Trinajstić information content (AvgIpc) is 4.13. The lowest BCUT2D eigenvalue weighted by Crippen LogP contribution is -2.70. The number of oxime groups is 1. The van der Waals surface area contributed by atoms with Gasteiger partial charge in [0.25, 0.3) is 0 Å². The lowest BCUT2D eigenvalue weighted by molar-refractivity contribution is -0.258. The molecule has 2 amide bonds. The molecular formula is C49H77N3O10. The van der Waals surface area contributed by atoms with E-state index < -0.39 is 23.8 Å². The first-order chi connectivity index (χ1) is 30.4. The molecule has 6 atom stereocenters. The summed E-state index contributed by atoms with van der Waals surface area (Å²) >= 11 is 0. The molecule has 3 aliphatic carbocycles. The molecule has 2 fully saturated rings. The average molecular weight is 868 g/mol. The summed E-state index contributed by atoms with van der Waals surface area (Å²) in [5.41, 5.74) is 2.52. The molecule has 1 aromatic carbocycles. The van der Waals surface area contributed by atoms with Gasteiger partial charge in [-0.25, -0.2) is 4.79 Å². The van der Waals surface area contributed by atoms with Crippen molar-refractivity contribution in [2.45, 2.75) is 147 Å². The molecule has 1 aliphatic heterocycles. The molecule has 1 heterocycles. The summed E-state index contributed by atoms with van der Waals surface area (Å²) in [6, 6.07) is 4.89. The standard InChI is InChI=1S/C49H77N3O10/c1-4-6-7-8-9-10-11-12-13-16-25-50-48(57)61-38-23-24-43-41(34-38)45-39(20-15-18-28-54)37(19-14-17-27-53)33-40-42(51-58-3)35-44(49(62-43,46(40)45)60-30-5-2)52(26-31-59-32-29-55)47(56)36-21-22-36/h5,23-24,33-34,36-37,39,44-46,53-55H,2,4,6-22,25-32,35H2,1,3H3,(H,50,57)/t37-,39+,44-,45+,46+,49+/m0/s1. The van der Waals surface area contributed by atoms with Crippen LogP contribution < -0.4 is 14.8 Å². The zero-order chi connectivity index (χ0) is 44.2. The van der Waals surface area contributed by atoms with Crippen LogP contribution in [0.4, 0.5) is 4.79 Å². The highest BCUT2D eigenvalue weighted by molar-refractivity contribution is 6.03. The van der Waals surface area contributed by atoms with Crippen LogP contribution in [-0.2, 0) is 19.1 Å². The second kappa shape index (κ2) is 26.3. The number of hydrogen-bond donors (Lipinski definition) is 4. The molecule has 0 unspecified atom stereocenters. The van der Waals surface area contributed by atoms with Crippen LogP contribution >= 0.6 is 0 Å². The Labute approximate surface area is 370 Å². The smallest absolute Gasteiger partial charge is 0.412 e. The van der Waals surface area contributed by atoms with E-state index in [1.165, 1.54) is 52.1 Å². The number of unbranched alkanes of at least 4 members (excludes halogenated alkanes) is 11. The van der Waals surface area contributed by atoms with E-state index in [2.05, 4.69) is 30.1 Å². The fraction of sp³-hybridized carbons (Fsp3) is 0.735. The van der Waals surface area contributed by atoms with E-state index in [-0.39, 0.29) is 75.8 Å². The first-order valence-electron chi connectivity index (χ1n) is 23.9. The van der Waals surface area contributed by atoms with Crippen LogP contribution in [0, 0.1) is 23.7 Å². The molecule has 62 heavy (non-hydrogen) atoms. The monoisotopic (exact) mass is 868 g/mol. The van der Waals surface area contributed by atoms with Crippen molar-refractivity contribution in [1.29, 1.82) is 0 Å². The first-order valence-corrected chi connectivity index (χ1v) is 23.9. The topological polar surface area (TPSA) is 169 Å². The molecule has 13 nitrogen and oxygen atoms in total. The summed E-state index contributed by atoms with van der Waals surface area (Å²) in [6.07, 6.45) is 22.1. The number of aliphatic hydroxyl groups excluding tert-OH is 3. The predicted molar refractivity (Wildman–Crippen MR) is 240 cm³/mol. The Bertz CT molecular complexity index is 1600. The number of nitrogens with one attached hydrogen (secondary N) is 1. The van der Waals surface area contributed by atoms with Gasteiger partial charge in [-0.1, -0.05) is 94.9 Å². The molecule has 13 heteroatoms. The van der Waals surface area contributed by atoms with Crippen LogP contribution in [0.25, 0.3) is 0 Å². The number of carbonyl (C=O) groups is 2. The number of nitrogens with zero attached hydrogens (tertiary/aromatic N) is 2. The maximum absolute atomic E-state index is 14.4. The zero-order valence-electron chi connectivity index (χ0n) is 37.7. The highest BCUT2D eigenvalue weighted by Gasteiger charge is 2.66. The molecule has 4 aliphatic rings. The Balaban J connectivity index is 1.50. The zero-order valence-corrected chi connectivity index (χ0v) is 37.7. The summed E-state index contributed by atoms with van der Waals surface area (Å²) in [5, 5.41) is 36.8. The quantitative estimate of drug-likeness (QED) is 0.0324. The second-order valence-corrected chi connectivity index (χ2v) is 17.6. The minimum Gasteiger partial charge on any atom is -0.459 e. The Kier molecular flexibility index (Phi) is 21.0. The van der Waals surface area contributed by atoms with Crippen LogP contribution in [0.3, 0.4) is 0 Å². The molecule has 2 saturated carbocycles. The number of allylic oxidation sites excluding steroid dienone is 1. The first kappa shape index (κ1) is 49.5. The number of amides is 2. The third kappa shape index (κ3) is 13.3. The molecule has 4 N–H and O–H groups in total. The minimum atomic E-state index is -1.38. The van der Waals surface area contributed by atoms with E-state index in [0.717, 1.165) is 68.9 Å². The van der Waals surface area contributed by atoms with Crippen molar-refractivity contribution in [1.82, 2.24) is 10.2 Å². The van der Waals surface area contributed by atoms with Gasteiger partial charge in [0.15, 0.2) is 0 Å². The van der Waals surface area contributed by atoms with E-state index in [4.69, 9.17) is 23.8 Å². The SMILES string of the molecule is C=CCO[C@@]12Oc3ccc(OC(=O)NCCCCCCCCCCCC)cc3[C@H]3[C@H](CCCCO)[C@@H](CCCCO)C=C(C(=NOC)C[C@@H]1N(CCOCCO)C(=O)C1CC1)[C@H]32. The maximum atomic E-state index is 14.4. The van der Waals surface area contributed by atoms with Crippen LogP contribution in [0.2, 0.25) is 0 Å². The van der Waals surface area contributed by atoms with Crippen LogP contribution in [0.15, 0.2) is 47.7 Å². The van der Waals surface area contributed by atoms with E-state index in [1.807, 2.05) is 17.0 Å². The third-order valence-electron chi connectivity index (χ3n) is 13.2. The van der Waals surface area contributed by atoms with Gasteiger partial charge in [0.2, 0.25) is 11.7 Å². The lowest BCUT2D eigenvalue weighted by Gasteiger charge is -2.60. The van der Waals surface area contributed by atoms with Crippen molar-refractivity contribution in [2.75, 3.05) is 59.8 Å². The summed E-state index contributed by atoms with van der Waals surface area (Å²) in [6.45, 7) is 7.63. The third-order valence-corrected chi connectivity index (χ3v) is 13.2. The van der Waals surface area contributed by atoms with Crippen molar-refractivity contribution in [3.05, 3.63) is 48.1 Å². The molecule has 0 radical (unpaired) electrons. The number of benzene rings is 1. The Hall–Kier alpha value is -3.49. The Morgan fingerprint density at radius 2 is 1.65 bits per heavy atom. The normalized spacial score (nSPS) is 24.4. The fourth-order valence-corrected chi connectivity index (χ4v) is 10.1. The molecule has 348 valence electrons. The van der Waals surface area contributed by atoms with Crippen LogP contribution in [0.5, 0.6) is 11.5 Å². The molecule has 0 spiro atoms. The lowest BCUT2D eigenvalue weighted by atomic mass is 9.55. The van der Waals surface area contributed by atoms with E-state index in [1.54, 1.807) is 12.1 Å². The summed E-state index contributed by atoms with van der Waals surface area (Å²) in [5.74, 6) is -1.11. The van der Waals surface area contributed by atoms with Gasteiger partial charge in [0.05, 0.1) is 38.1 Å². The van der Waals surface area contributed by atoms with Gasteiger partial charge in [-0.15, -0.1) is 6.58 Å². The minimum absolute atomic E-state index is 0.00377. The van der Waals surface area contributed by atoms with Crippen molar-refractivity contribution in [2.24, 2.45) is 28.8 Å². The number of aliphatic hydroxyl groups is 3. The van der Waals surface area contributed by atoms with Crippen molar-refractivity contribution >= 4 is 17.7 Å². The van der Waals surface area contributed by atoms with Gasteiger partial charge in [-0.05, 0) is 80.6 Å². The van der Waals surface area contributed by atoms with Crippen molar-refractivity contribution < 1.29 is 48.7 Å². The highest BCUT2D eigenvalue weighted by Crippen LogP contribution is 2.62. The Morgan fingerprint density at radius 3 is 2.31 bits per heavy atom. The van der Waals surface area contributed by atoms with Crippen LogP contribution in [-0.4, -0.2) is 110 Å². The van der Waals surface area contributed by atoms with Gasteiger partial charge in [0, 0.05) is 50.1 Å². The number of hydrogen-bond acceptors (Lipinski definition) is 11. The van der Waals surface area contributed by atoms with Gasteiger partial charge in [0.1, 0.15) is 24.7 Å². The van der Waals surface area contributed by atoms with E-state index >= 15 is 0 Å². The summed E-state index contributed by atoms with van der Waals surface area (Å²) in [4.78, 5) is 35.0. The molecular weight excluding hydrogens is 791 g/mol. The predicted octanol–water partition coefficient (Wildman–Crippen LogP) is 8.21. The molecule has 0 bridgehead atoms. The van der Waals surface area contributed by atoms with Crippen molar-refractivity contribution in [3.8, 4) is 11.5 Å². The highest BCUT2D eigenvalue weighted by atomic mass is 16.7. The van der Waals surface area contributed by atoms with Gasteiger partial charge < -0.3 is 49.3 Å². The molecule has 1 aromatic rings. The van der Waals surface area contributed by atoms with Gasteiger partial charge in [-0.2, -0.15) is 0 Å². The second-order valence-electron chi connectivity index (χ2n) is 17.6. The van der Waals surface area contributed by atoms with E-state index in [0.29, 0.717) is 43.0 Å². The maximum Gasteiger partial charge on any atom is 0.412 e. The number of fused-ring (bicyclic) bond motifs is 2. The fourth-order valence-electron chi connectivity index (χ4n) is 10.1. The largest absolute Gasteiger partial charge is 0.459 e.